The average molecular weight is 212 g/mol. The Bertz CT molecular complexity index is 311. The van der Waals surface area contributed by atoms with Crippen molar-refractivity contribution in [2.75, 3.05) is 0 Å². The van der Waals surface area contributed by atoms with Gasteiger partial charge in [-0.3, -0.25) is 0 Å². The zero-order valence-electron chi connectivity index (χ0n) is 10.2. The lowest BCUT2D eigenvalue weighted by Crippen LogP contribution is -2.35. The summed E-state index contributed by atoms with van der Waals surface area (Å²) >= 11 is 0. The van der Waals surface area contributed by atoms with Gasteiger partial charge in [0.25, 0.3) is 0 Å². The summed E-state index contributed by atoms with van der Waals surface area (Å²) in [5.74, 6) is -1.01. The second-order valence-corrected chi connectivity index (χ2v) is 4.45. The van der Waals surface area contributed by atoms with E-state index in [1.807, 2.05) is 17.8 Å². The maximum absolute atomic E-state index is 9.91. The lowest BCUT2D eigenvalue weighted by atomic mass is 9.98. The molecule has 1 heterocycles. The van der Waals surface area contributed by atoms with Crippen molar-refractivity contribution in [3.8, 4) is 0 Å². The number of hydrogen-bond acceptors (Lipinski definition) is 2. The molecule has 0 unspecified atom stereocenters. The molecule has 0 fully saturated rings. The fraction of sp³-hybridized carbons (Fsp3) is 0.636. The molecule has 0 aromatic carbocycles. The molecule has 0 atom stereocenters. The van der Waals surface area contributed by atoms with Gasteiger partial charge in [-0.2, -0.15) is 0 Å². The second kappa shape index (κ2) is 5.53. The van der Waals surface area contributed by atoms with E-state index in [0.717, 1.165) is 6.54 Å². The Morgan fingerprint density at radius 3 is 2.07 bits per heavy atom. The number of carboxylic acid groups (broad SMARTS) is 1. The van der Waals surface area contributed by atoms with Gasteiger partial charge in [-0.15, -0.1) is 0 Å². The van der Waals surface area contributed by atoms with Gasteiger partial charge in [-0.05, 0) is 6.92 Å². The average Bonchev–Trinajstić information content (AvgIpc) is 2.50. The van der Waals surface area contributed by atoms with Gasteiger partial charge in [-0.1, -0.05) is 20.8 Å². The Labute approximate surface area is 91.2 Å². The Morgan fingerprint density at radius 2 is 1.93 bits per heavy atom. The first kappa shape index (κ1) is 13.7. The number of aliphatic carboxylic acids is 1. The highest BCUT2D eigenvalue weighted by atomic mass is 16.4. The topological polar surface area (TPSA) is 48.9 Å². The summed E-state index contributed by atoms with van der Waals surface area (Å²) in [4.78, 5) is 9.91. The summed E-state index contributed by atoms with van der Waals surface area (Å²) in [5.41, 5.74) is -0.694. The lowest BCUT2D eigenvalue weighted by Gasteiger charge is -2.18. The first-order valence-electron chi connectivity index (χ1n) is 4.99. The number of nitrogens with zero attached hydrogens (tertiary/aromatic N) is 2. The minimum Gasteiger partial charge on any atom is -0.550 e. The minimum absolute atomic E-state index is 0.694. The van der Waals surface area contributed by atoms with E-state index >= 15 is 0 Å². The fourth-order valence-corrected chi connectivity index (χ4v) is 0.689. The largest absolute Gasteiger partial charge is 0.550 e. The number of hydrogen-bond donors (Lipinski definition) is 0. The van der Waals surface area contributed by atoms with Gasteiger partial charge in [0.2, 0.25) is 6.33 Å². The van der Waals surface area contributed by atoms with Crippen LogP contribution in [0.25, 0.3) is 0 Å². The van der Waals surface area contributed by atoms with Crippen LogP contribution >= 0.6 is 0 Å². The summed E-state index contributed by atoms with van der Waals surface area (Å²) < 4.78 is 4.16. The van der Waals surface area contributed by atoms with Crippen LogP contribution in [0.3, 0.4) is 0 Å². The first-order valence-corrected chi connectivity index (χ1v) is 4.99. The molecule has 1 aromatic heterocycles. The van der Waals surface area contributed by atoms with Crippen LogP contribution in [0.15, 0.2) is 18.7 Å². The molecular formula is C11H20N2O2. The summed E-state index contributed by atoms with van der Waals surface area (Å²) in [6.07, 6.45) is 6.14. The Hall–Kier alpha value is -1.32. The summed E-state index contributed by atoms with van der Waals surface area (Å²) in [6, 6.07) is 0. The molecular weight excluding hydrogens is 192 g/mol. The zero-order chi connectivity index (χ0) is 12.1. The molecule has 86 valence electrons. The van der Waals surface area contributed by atoms with Gasteiger partial charge < -0.3 is 9.90 Å². The maximum Gasteiger partial charge on any atom is 0.243 e. The third-order valence-corrected chi connectivity index (χ3v) is 1.80. The SMILES string of the molecule is CC(C)(C)C(=O)[O-].CCn1cc[n+](C)c1. The van der Waals surface area contributed by atoms with Crippen molar-refractivity contribution in [3.05, 3.63) is 18.7 Å². The quantitative estimate of drug-likeness (QED) is 0.621. The van der Waals surface area contributed by atoms with Crippen LogP contribution in [-0.2, 0) is 18.4 Å². The molecule has 4 heteroatoms. The molecule has 0 aliphatic heterocycles. The molecule has 4 nitrogen and oxygen atoms in total. The molecule has 0 aliphatic carbocycles. The Kier molecular flexibility index (Phi) is 5.05. The third kappa shape index (κ3) is 5.88. The van der Waals surface area contributed by atoms with Crippen molar-refractivity contribution < 1.29 is 14.5 Å². The highest BCUT2D eigenvalue weighted by molar-refractivity contribution is 5.70. The van der Waals surface area contributed by atoms with Gasteiger partial charge in [0.05, 0.1) is 13.6 Å². The highest BCUT2D eigenvalue weighted by Gasteiger charge is 2.09. The molecule has 1 rings (SSSR count). The third-order valence-electron chi connectivity index (χ3n) is 1.80. The lowest BCUT2D eigenvalue weighted by molar-refractivity contribution is -0.671. The number of rotatable bonds is 1. The van der Waals surface area contributed by atoms with Crippen LogP contribution in [0.2, 0.25) is 0 Å². The molecule has 0 amide bonds. The van der Waals surface area contributed by atoms with Gasteiger partial charge in [0.1, 0.15) is 12.4 Å². The van der Waals surface area contributed by atoms with Crippen molar-refractivity contribution in [2.45, 2.75) is 34.2 Å². The van der Waals surface area contributed by atoms with E-state index in [0.29, 0.717) is 0 Å². The molecule has 0 radical (unpaired) electrons. The Morgan fingerprint density at radius 1 is 1.47 bits per heavy atom. The van der Waals surface area contributed by atoms with E-state index in [9.17, 15) is 9.90 Å². The van der Waals surface area contributed by atoms with Crippen LogP contribution in [-0.4, -0.2) is 10.5 Å². The van der Waals surface area contributed by atoms with Crippen LogP contribution in [0.5, 0.6) is 0 Å². The van der Waals surface area contributed by atoms with Crippen molar-refractivity contribution >= 4 is 5.97 Å². The molecule has 0 spiro atoms. The van der Waals surface area contributed by atoms with Gasteiger partial charge >= 0.3 is 0 Å². The van der Waals surface area contributed by atoms with Crippen LogP contribution < -0.4 is 9.67 Å². The number of aryl methyl sites for hydroxylation is 2. The van der Waals surface area contributed by atoms with Crippen LogP contribution in [0.1, 0.15) is 27.7 Å². The molecule has 0 N–H and O–H groups in total. The number of aromatic nitrogens is 2. The van der Waals surface area contributed by atoms with E-state index in [2.05, 4.69) is 24.0 Å². The molecule has 0 aliphatic rings. The van der Waals surface area contributed by atoms with Gasteiger partial charge in [-0.25, -0.2) is 9.13 Å². The van der Waals surface area contributed by atoms with Gasteiger partial charge in [0, 0.05) is 11.4 Å². The fourth-order valence-electron chi connectivity index (χ4n) is 0.689. The van der Waals surface area contributed by atoms with Gasteiger partial charge in [0.15, 0.2) is 0 Å². The predicted molar refractivity (Wildman–Crippen MR) is 55.7 cm³/mol. The monoisotopic (exact) mass is 212 g/mol. The van der Waals surface area contributed by atoms with Crippen LogP contribution in [0.4, 0.5) is 0 Å². The maximum atomic E-state index is 9.91. The van der Waals surface area contributed by atoms with Crippen molar-refractivity contribution in [1.29, 1.82) is 0 Å². The van der Waals surface area contributed by atoms with E-state index in [1.54, 1.807) is 20.8 Å². The first-order chi connectivity index (χ1) is 6.77. The number of carboxylic acids is 1. The minimum atomic E-state index is -1.01. The summed E-state index contributed by atoms with van der Waals surface area (Å²) in [6.45, 7) is 7.98. The van der Waals surface area contributed by atoms with E-state index in [4.69, 9.17) is 0 Å². The molecule has 0 bridgehead atoms. The van der Waals surface area contributed by atoms with Crippen molar-refractivity contribution in [2.24, 2.45) is 12.5 Å². The zero-order valence-corrected chi connectivity index (χ0v) is 10.2. The standard InChI is InChI=1S/C6H11N2.C5H10O2/c1-3-8-5-4-7(2)6-8;1-5(2,3)4(6)7/h4-6H,3H2,1-2H3;1-3H3,(H,6,7)/q+1;/p-1. The predicted octanol–water partition coefficient (Wildman–Crippen LogP) is 0.115. The van der Waals surface area contributed by atoms with Crippen molar-refractivity contribution in [3.63, 3.8) is 0 Å². The highest BCUT2D eigenvalue weighted by Crippen LogP contribution is 2.09. The molecule has 0 saturated heterocycles. The van der Waals surface area contributed by atoms with E-state index < -0.39 is 11.4 Å². The van der Waals surface area contributed by atoms with E-state index in [1.165, 1.54) is 0 Å². The summed E-state index contributed by atoms with van der Waals surface area (Å²) in [7, 11) is 2.02. The smallest absolute Gasteiger partial charge is 0.243 e. The van der Waals surface area contributed by atoms with Crippen LogP contribution in [0, 0.1) is 5.41 Å². The molecule has 1 aromatic rings. The number of carbonyl (C=O) groups excluding carboxylic acids is 1. The normalized spacial score (nSPS) is 10.5. The Balaban J connectivity index is 0.000000265. The van der Waals surface area contributed by atoms with Crippen molar-refractivity contribution in [1.82, 2.24) is 4.57 Å². The molecule has 0 saturated carbocycles. The number of carbonyl (C=O) groups is 1. The summed E-state index contributed by atoms with van der Waals surface area (Å²) in [5, 5.41) is 9.91. The van der Waals surface area contributed by atoms with E-state index in [-0.39, 0.29) is 0 Å². The number of imidazole rings is 1. The molecule has 15 heavy (non-hydrogen) atoms. The second-order valence-electron chi connectivity index (χ2n) is 4.45.